The summed E-state index contributed by atoms with van der Waals surface area (Å²) in [6.45, 7) is 9.83. The van der Waals surface area contributed by atoms with Gasteiger partial charge in [-0.2, -0.15) is 0 Å². The third-order valence-electron chi connectivity index (χ3n) is 3.47. The Morgan fingerprint density at radius 1 is 1.25 bits per heavy atom. The summed E-state index contributed by atoms with van der Waals surface area (Å²) in [5.41, 5.74) is 0. The minimum atomic E-state index is -3.38. The maximum absolute atomic E-state index is 12.3. The molecule has 2 atom stereocenters. The molecule has 0 spiro atoms. The van der Waals surface area contributed by atoms with Gasteiger partial charge in [-0.05, 0) is 37.9 Å². The molecule has 1 heterocycles. The van der Waals surface area contributed by atoms with Gasteiger partial charge in [-0.15, -0.1) is 11.3 Å². The predicted octanol–water partition coefficient (Wildman–Crippen LogP) is 2.96. The molecular weight excluding hydrogens is 292 g/mol. The van der Waals surface area contributed by atoms with Crippen molar-refractivity contribution in [3.05, 3.63) is 17.0 Å². The molecule has 2 unspecified atom stereocenters. The second kappa shape index (κ2) is 8.12. The Labute approximate surface area is 127 Å². The molecule has 0 aromatic carbocycles. The topological polar surface area (TPSA) is 58.2 Å². The average molecular weight is 319 g/mol. The summed E-state index contributed by atoms with van der Waals surface area (Å²) in [6.07, 6.45) is 2.03. The lowest BCUT2D eigenvalue weighted by Crippen LogP contribution is -2.36. The number of hydrogen-bond acceptors (Lipinski definition) is 4. The van der Waals surface area contributed by atoms with Crippen molar-refractivity contribution < 1.29 is 8.42 Å². The molecule has 2 N–H and O–H groups in total. The van der Waals surface area contributed by atoms with Gasteiger partial charge in [0, 0.05) is 17.5 Å². The second-order valence-electron chi connectivity index (χ2n) is 5.19. The highest BCUT2D eigenvalue weighted by atomic mass is 32.2. The number of sulfonamides is 1. The number of hydrogen-bond donors (Lipinski definition) is 2. The van der Waals surface area contributed by atoms with Crippen LogP contribution in [0.5, 0.6) is 0 Å². The Morgan fingerprint density at radius 2 is 1.95 bits per heavy atom. The normalized spacial score (nSPS) is 15.2. The zero-order valence-electron chi connectivity index (χ0n) is 12.8. The van der Waals surface area contributed by atoms with Gasteiger partial charge in [0.05, 0.1) is 0 Å². The Kier molecular flexibility index (Phi) is 7.15. The third kappa shape index (κ3) is 5.16. The van der Waals surface area contributed by atoms with Gasteiger partial charge in [0.25, 0.3) is 0 Å². The molecular formula is C14H26N2O2S2. The smallest absolute Gasteiger partial charge is 0.250 e. The molecule has 0 saturated heterocycles. The lowest BCUT2D eigenvalue weighted by molar-refractivity contribution is 0.434. The standard InChI is InChI=1S/C14H26N2O2S2/c1-5-9-15-10-13-7-8-14(19-13)20(17,18)16-12(4)11(3)6-2/h7-8,11-12,15-16H,5-6,9-10H2,1-4H3. The van der Waals surface area contributed by atoms with Crippen LogP contribution in [0.15, 0.2) is 16.3 Å². The van der Waals surface area contributed by atoms with Crippen LogP contribution >= 0.6 is 11.3 Å². The van der Waals surface area contributed by atoms with E-state index >= 15 is 0 Å². The van der Waals surface area contributed by atoms with Gasteiger partial charge in [0.2, 0.25) is 10.0 Å². The van der Waals surface area contributed by atoms with Crippen LogP contribution in [0.2, 0.25) is 0 Å². The SMILES string of the molecule is CCCNCc1ccc(S(=O)(=O)NC(C)C(C)CC)s1. The first-order chi connectivity index (χ1) is 9.40. The average Bonchev–Trinajstić information content (AvgIpc) is 2.87. The highest BCUT2D eigenvalue weighted by molar-refractivity contribution is 7.91. The zero-order valence-corrected chi connectivity index (χ0v) is 14.4. The lowest BCUT2D eigenvalue weighted by Gasteiger charge is -2.19. The Bertz CT molecular complexity index is 497. The predicted molar refractivity (Wildman–Crippen MR) is 85.6 cm³/mol. The van der Waals surface area contributed by atoms with Crippen LogP contribution in [0.4, 0.5) is 0 Å². The minimum Gasteiger partial charge on any atom is -0.312 e. The molecule has 1 rings (SSSR count). The summed E-state index contributed by atoms with van der Waals surface area (Å²) in [5, 5.41) is 3.28. The van der Waals surface area contributed by atoms with Gasteiger partial charge in [-0.3, -0.25) is 0 Å². The van der Waals surface area contributed by atoms with Crippen molar-refractivity contribution in [1.82, 2.24) is 10.0 Å². The molecule has 116 valence electrons. The molecule has 0 aliphatic carbocycles. The lowest BCUT2D eigenvalue weighted by atomic mass is 10.0. The van der Waals surface area contributed by atoms with E-state index in [1.54, 1.807) is 6.07 Å². The van der Waals surface area contributed by atoms with Crippen LogP contribution in [0.1, 0.15) is 45.4 Å². The van der Waals surface area contributed by atoms with E-state index in [4.69, 9.17) is 0 Å². The van der Waals surface area contributed by atoms with E-state index in [9.17, 15) is 8.42 Å². The van der Waals surface area contributed by atoms with Crippen LogP contribution in [-0.4, -0.2) is 21.0 Å². The van der Waals surface area contributed by atoms with E-state index in [1.807, 2.05) is 13.0 Å². The van der Waals surface area contributed by atoms with Crippen LogP contribution in [0.25, 0.3) is 0 Å². The van der Waals surface area contributed by atoms with E-state index in [-0.39, 0.29) is 6.04 Å². The fourth-order valence-electron chi connectivity index (χ4n) is 1.76. The number of nitrogens with one attached hydrogen (secondary N) is 2. The van der Waals surface area contributed by atoms with Gasteiger partial charge in [-0.25, -0.2) is 13.1 Å². The second-order valence-corrected chi connectivity index (χ2v) is 8.30. The molecule has 0 aliphatic rings. The van der Waals surface area contributed by atoms with Crippen molar-refractivity contribution in [1.29, 1.82) is 0 Å². The zero-order chi connectivity index (χ0) is 15.2. The van der Waals surface area contributed by atoms with Crippen LogP contribution in [-0.2, 0) is 16.6 Å². The van der Waals surface area contributed by atoms with Gasteiger partial charge >= 0.3 is 0 Å². The summed E-state index contributed by atoms with van der Waals surface area (Å²) in [5.74, 6) is 0.329. The van der Waals surface area contributed by atoms with E-state index in [0.717, 1.165) is 30.8 Å². The Morgan fingerprint density at radius 3 is 2.55 bits per heavy atom. The fraction of sp³-hybridized carbons (Fsp3) is 0.714. The number of thiophene rings is 1. The quantitative estimate of drug-likeness (QED) is 0.688. The first kappa shape index (κ1) is 17.6. The van der Waals surface area contributed by atoms with Crippen molar-refractivity contribution in [2.24, 2.45) is 5.92 Å². The minimum absolute atomic E-state index is 0.0474. The molecule has 1 aromatic heterocycles. The summed E-state index contributed by atoms with van der Waals surface area (Å²) in [4.78, 5) is 1.05. The van der Waals surface area contributed by atoms with Crippen LogP contribution in [0, 0.1) is 5.92 Å². The molecule has 4 nitrogen and oxygen atoms in total. The highest BCUT2D eigenvalue weighted by Crippen LogP contribution is 2.22. The van der Waals surface area contributed by atoms with Crippen molar-refractivity contribution in [3.63, 3.8) is 0 Å². The van der Waals surface area contributed by atoms with E-state index < -0.39 is 10.0 Å². The van der Waals surface area contributed by atoms with Crippen molar-refractivity contribution in [2.75, 3.05) is 6.54 Å². The van der Waals surface area contributed by atoms with E-state index in [0.29, 0.717) is 10.1 Å². The van der Waals surface area contributed by atoms with Gasteiger partial charge in [0.1, 0.15) is 4.21 Å². The van der Waals surface area contributed by atoms with Crippen molar-refractivity contribution in [2.45, 2.75) is 57.3 Å². The molecule has 1 aromatic rings. The maximum Gasteiger partial charge on any atom is 0.250 e. The number of rotatable bonds is 9. The summed E-state index contributed by atoms with van der Waals surface area (Å²) in [6, 6.07) is 3.53. The van der Waals surface area contributed by atoms with Gasteiger partial charge in [0.15, 0.2) is 0 Å². The van der Waals surface area contributed by atoms with E-state index in [2.05, 4.69) is 30.8 Å². The van der Waals surface area contributed by atoms with Crippen molar-refractivity contribution >= 4 is 21.4 Å². The summed E-state index contributed by atoms with van der Waals surface area (Å²) < 4.78 is 27.7. The fourth-order valence-corrected chi connectivity index (χ4v) is 4.45. The maximum atomic E-state index is 12.3. The summed E-state index contributed by atoms with van der Waals surface area (Å²) in [7, 11) is -3.38. The highest BCUT2D eigenvalue weighted by Gasteiger charge is 2.21. The molecule has 0 bridgehead atoms. The molecule has 0 radical (unpaired) electrons. The van der Waals surface area contributed by atoms with E-state index in [1.165, 1.54) is 11.3 Å². The Balaban J connectivity index is 2.68. The van der Waals surface area contributed by atoms with Gasteiger partial charge in [-0.1, -0.05) is 27.2 Å². The molecule has 20 heavy (non-hydrogen) atoms. The summed E-state index contributed by atoms with van der Waals surface area (Å²) >= 11 is 1.34. The first-order valence-corrected chi connectivity index (χ1v) is 9.52. The first-order valence-electron chi connectivity index (χ1n) is 7.22. The molecule has 0 fully saturated rings. The molecule has 0 saturated carbocycles. The third-order valence-corrected chi connectivity index (χ3v) is 6.60. The monoisotopic (exact) mass is 318 g/mol. The largest absolute Gasteiger partial charge is 0.312 e. The van der Waals surface area contributed by atoms with Crippen molar-refractivity contribution in [3.8, 4) is 0 Å². The van der Waals surface area contributed by atoms with Crippen LogP contribution in [0.3, 0.4) is 0 Å². The molecule has 0 amide bonds. The van der Waals surface area contributed by atoms with Gasteiger partial charge < -0.3 is 5.32 Å². The molecule has 6 heteroatoms. The Hall–Kier alpha value is -0.430. The van der Waals surface area contributed by atoms with Crippen LogP contribution < -0.4 is 10.0 Å². The molecule has 0 aliphatic heterocycles.